The Morgan fingerprint density at radius 3 is 2.68 bits per heavy atom. The SMILES string of the molecule is O=C1CCCC2(CCN(c3cccc(F)c3)CC2)N1. The number of hydrogen-bond acceptors (Lipinski definition) is 2. The van der Waals surface area contributed by atoms with E-state index < -0.39 is 0 Å². The first kappa shape index (κ1) is 12.5. The molecule has 1 aromatic carbocycles. The van der Waals surface area contributed by atoms with Crippen LogP contribution in [0.2, 0.25) is 0 Å². The van der Waals surface area contributed by atoms with Gasteiger partial charge in [0.05, 0.1) is 0 Å². The van der Waals surface area contributed by atoms with Crippen molar-refractivity contribution in [2.75, 3.05) is 18.0 Å². The van der Waals surface area contributed by atoms with Crippen LogP contribution in [0.5, 0.6) is 0 Å². The number of anilines is 1. The Morgan fingerprint density at radius 2 is 2.00 bits per heavy atom. The molecule has 2 fully saturated rings. The average molecular weight is 262 g/mol. The molecule has 102 valence electrons. The molecule has 0 saturated carbocycles. The lowest BCUT2D eigenvalue weighted by Crippen LogP contribution is -2.57. The number of rotatable bonds is 1. The summed E-state index contributed by atoms with van der Waals surface area (Å²) in [5.74, 6) is -0.00536. The molecule has 2 aliphatic rings. The molecule has 1 spiro atoms. The molecule has 4 heteroatoms. The molecule has 3 rings (SSSR count). The molecule has 1 aromatic rings. The third-order valence-electron chi connectivity index (χ3n) is 4.36. The summed E-state index contributed by atoms with van der Waals surface area (Å²) >= 11 is 0. The number of nitrogens with one attached hydrogen (secondary N) is 1. The van der Waals surface area contributed by atoms with Gasteiger partial charge in [-0.15, -0.1) is 0 Å². The zero-order valence-electron chi connectivity index (χ0n) is 11.0. The average Bonchev–Trinajstić information content (AvgIpc) is 2.39. The number of hydrogen-bond donors (Lipinski definition) is 1. The van der Waals surface area contributed by atoms with Crippen molar-refractivity contribution in [3.05, 3.63) is 30.1 Å². The first-order valence-electron chi connectivity index (χ1n) is 6.98. The quantitative estimate of drug-likeness (QED) is 0.843. The zero-order chi connectivity index (χ0) is 13.3. The highest BCUT2D eigenvalue weighted by atomic mass is 19.1. The Morgan fingerprint density at radius 1 is 1.21 bits per heavy atom. The van der Waals surface area contributed by atoms with Gasteiger partial charge in [0.1, 0.15) is 5.82 Å². The molecule has 1 N–H and O–H groups in total. The minimum Gasteiger partial charge on any atom is -0.371 e. The molecule has 2 heterocycles. The van der Waals surface area contributed by atoms with Gasteiger partial charge in [-0.25, -0.2) is 4.39 Å². The molecule has 19 heavy (non-hydrogen) atoms. The molecule has 0 radical (unpaired) electrons. The third kappa shape index (κ3) is 2.57. The van der Waals surface area contributed by atoms with E-state index >= 15 is 0 Å². The molecule has 2 saturated heterocycles. The van der Waals surface area contributed by atoms with Crippen molar-refractivity contribution in [2.24, 2.45) is 0 Å². The van der Waals surface area contributed by atoms with Crippen molar-refractivity contribution in [1.29, 1.82) is 0 Å². The molecule has 1 amide bonds. The Balaban J connectivity index is 1.67. The van der Waals surface area contributed by atoms with Crippen molar-refractivity contribution < 1.29 is 9.18 Å². The smallest absolute Gasteiger partial charge is 0.220 e. The van der Waals surface area contributed by atoms with Gasteiger partial charge in [0.25, 0.3) is 0 Å². The largest absolute Gasteiger partial charge is 0.371 e. The second-order valence-electron chi connectivity index (χ2n) is 5.65. The Hall–Kier alpha value is -1.58. The summed E-state index contributed by atoms with van der Waals surface area (Å²) in [5, 5.41) is 3.18. The van der Waals surface area contributed by atoms with Crippen LogP contribution >= 0.6 is 0 Å². The van der Waals surface area contributed by atoms with Crippen LogP contribution in [0.4, 0.5) is 10.1 Å². The van der Waals surface area contributed by atoms with Gasteiger partial charge in [-0.2, -0.15) is 0 Å². The number of amides is 1. The van der Waals surface area contributed by atoms with E-state index in [0.29, 0.717) is 6.42 Å². The van der Waals surface area contributed by atoms with Gasteiger partial charge in [0.15, 0.2) is 0 Å². The zero-order valence-corrected chi connectivity index (χ0v) is 11.0. The number of piperidine rings is 2. The lowest BCUT2D eigenvalue weighted by Gasteiger charge is -2.45. The molecule has 0 unspecified atom stereocenters. The van der Waals surface area contributed by atoms with E-state index in [1.165, 1.54) is 6.07 Å². The highest BCUT2D eigenvalue weighted by Crippen LogP contribution is 2.32. The maximum absolute atomic E-state index is 13.2. The normalized spacial score (nSPS) is 22.4. The van der Waals surface area contributed by atoms with E-state index in [1.807, 2.05) is 6.07 Å². The van der Waals surface area contributed by atoms with E-state index in [-0.39, 0.29) is 17.3 Å². The molecule has 3 nitrogen and oxygen atoms in total. The monoisotopic (exact) mass is 262 g/mol. The van der Waals surface area contributed by atoms with Gasteiger partial charge in [0, 0.05) is 30.7 Å². The molecule has 0 aliphatic carbocycles. The number of carbonyl (C=O) groups excluding carboxylic acids is 1. The summed E-state index contributed by atoms with van der Waals surface area (Å²) in [6.07, 6.45) is 4.64. The molecular formula is C15H19FN2O. The second kappa shape index (κ2) is 4.83. The number of nitrogens with zero attached hydrogens (tertiary/aromatic N) is 1. The maximum atomic E-state index is 13.2. The van der Waals surface area contributed by atoms with Crippen LogP contribution in [0.15, 0.2) is 24.3 Å². The van der Waals surface area contributed by atoms with Gasteiger partial charge >= 0.3 is 0 Å². The van der Waals surface area contributed by atoms with Gasteiger partial charge in [-0.1, -0.05) is 6.07 Å². The highest BCUT2D eigenvalue weighted by Gasteiger charge is 2.37. The molecular weight excluding hydrogens is 243 g/mol. The number of carbonyl (C=O) groups is 1. The van der Waals surface area contributed by atoms with E-state index in [1.54, 1.807) is 12.1 Å². The maximum Gasteiger partial charge on any atom is 0.220 e. The van der Waals surface area contributed by atoms with Crippen LogP contribution < -0.4 is 10.2 Å². The summed E-state index contributed by atoms with van der Waals surface area (Å²) in [6.45, 7) is 1.76. The van der Waals surface area contributed by atoms with Crippen molar-refractivity contribution in [3.63, 3.8) is 0 Å². The summed E-state index contributed by atoms with van der Waals surface area (Å²) in [6, 6.07) is 6.74. The number of halogens is 1. The van der Waals surface area contributed by atoms with Gasteiger partial charge in [-0.05, 0) is 43.9 Å². The summed E-state index contributed by atoms with van der Waals surface area (Å²) in [5.41, 5.74) is 0.941. The van der Waals surface area contributed by atoms with Gasteiger partial charge in [0.2, 0.25) is 5.91 Å². The minimum atomic E-state index is -0.191. The molecule has 2 aliphatic heterocycles. The Labute approximate surface area is 112 Å². The van der Waals surface area contributed by atoms with Crippen molar-refractivity contribution >= 4 is 11.6 Å². The Kier molecular flexibility index (Phi) is 3.17. The predicted molar refractivity (Wildman–Crippen MR) is 72.6 cm³/mol. The van der Waals surface area contributed by atoms with Crippen molar-refractivity contribution in [3.8, 4) is 0 Å². The fraction of sp³-hybridized carbons (Fsp3) is 0.533. The van der Waals surface area contributed by atoms with E-state index in [4.69, 9.17) is 0 Å². The predicted octanol–water partition coefficient (Wildman–Crippen LogP) is 2.46. The first-order valence-corrected chi connectivity index (χ1v) is 6.98. The number of benzene rings is 1. The Bertz CT molecular complexity index is 481. The van der Waals surface area contributed by atoms with E-state index in [9.17, 15) is 9.18 Å². The van der Waals surface area contributed by atoms with E-state index in [0.717, 1.165) is 44.5 Å². The van der Waals surface area contributed by atoms with Crippen molar-refractivity contribution in [1.82, 2.24) is 5.32 Å². The van der Waals surface area contributed by atoms with Crippen LogP contribution in [-0.4, -0.2) is 24.5 Å². The topological polar surface area (TPSA) is 32.3 Å². The summed E-state index contributed by atoms with van der Waals surface area (Å²) in [4.78, 5) is 13.8. The second-order valence-corrected chi connectivity index (χ2v) is 5.65. The van der Waals surface area contributed by atoms with Gasteiger partial charge < -0.3 is 10.2 Å². The highest BCUT2D eigenvalue weighted by molar-refractivity contribution is 5.77. The molecule has 0 bridgehead atoms. The van der Waals surface area contributed by atoms with Crippen molar-refractivity contribution in [2.45, 2.75) is 37.6 Å². The lowest BCUT2D eigenvalue weighted by atomic mass is 9.80. The summed E-state index contributed by atoms with van der Waals surface area (Å²) in [7, 11) is 0. The van der Waals surface area contributed by atoms with E-state index in [2.05, 4.69) is 10.2 Å². The minimum absolute atomic E-state index is 0.000835. The van der Waals surface area contributed by atoms with Crippen LogP contribution in [0.25, 0.3) is 0 Å². The van der Waals surface area contributed by atoms with Crippen LogP contribution in [-0.2, 0) is 4.79 Å². The first-order chi connectivity index (χ1) is 9.17. The fourth-order valence-electron chi connectivity index (χ4n) is 3.25. The summed E-state index contributed by atoms with van der Waals surface area (Å²) < 4.78 is 13.2. The lowest BCUT2D eigenvalue weighted by molar-refractivity contribution is -0.125. The van der Waals surface area contributed by atoms with Crippen LogP contribution in [0.1, 0.15) is 32.1 Å². The van der Waals surface area contributed by atoms with Gasteiger partial charge in [-0.3, -0.25) is 4.79 Å². The molecule has 0 atom stereocenters. The van der Waals surface area contributed by atoms with Crippen LogP contribution in [0.3, 0.4) is 0 Å². The standard InChI is InChI=1S/C15H19FN2O/c16-12-3-1-4-13(11-12)18-9-7-15(8-10-18)6-2-5-14(19)17-15/h1,3-4,11H,2,5-10H2,(H,17,19). The van der Waals surface area contributed by atoms with Crippen LogP contribution in [0, 0.1) is 5.82 Å². The third-order valence-corrected chi connectivity index (χ3v) is 4.36. The molecule has 0 aromatic heterocycles. The fourth-order valence-corrected chi connectivity index (χ4v) is 3.25.